The Labute approximate surface area is 64.7 Å². The van der Waals surface area contributed by atoms with E-state index in [4.69, 9.17) is 15.3 Å². The van der Waals surface area contributed by atoms with E-state index in [1.165, 1.54) is 0 Å². The summed E-state index contributed by atoms with van der Waals surface area (Å²) in [6.07, 6.45) is -0.696. The Bertz CT molecular complexity index is 117. The molecule has 0 heterocycles. The Morgan fingerprint density at radius 2 is 2.09 bits per heavy atom. The predicted molar refractivity (Wildman–Crippen MR) is 38.3 cm³/mol. The number of amides is 1. The van der Waals surface area contributed by atoms with Gasteiger partial charge in [0.05, 0.1) is 0 Å². The zero-order valence-corrected chi connectivity index (χ0v) is 6.16. The third-order valence-electron chi connectivity index (χ3n) is 1.34. The number of aliphatic hydroxyl groups is 2. The molecule has 0 radical (unpaired) electrons. The molecule has 1 atom stereocenters. The summed E-state index contributed by atoms with van der Waals surface area (Å²) in [4.78, 5) is 9.97. The van der Waals surface area contributed by atoms with E-state index >= 15 is 0 Å². The Morgan fingerprint density at radius 3 is 2.45 bits per heavy atom. The highest BCUT2D eigenvalue weighted by Crippen LogP contribution is 1.98. The predicted octanol–water partition coefficient (Wildman–Crippen LogP) is -0.755. The lowest BCUT2D eigenvalue weighted by Gasteiger charge is -2.11. The van der Waals surface area contributed by atoms with Crippen LogP contribution < -0.4 is 5.32 Å². The molecule has 11 heavy (non-hydrogen) atoms. The molecule has 0 bridgehead atoms. The van der Waals surface area contributed by atoms with Crippen molar-refractivity contribution in [3.05, 3.63) is 0 Å². The Kier molecular flexibility index (Phi) is 5.50. The average molecular weight is 163 g/mol. The molecule has 5 nitrogen and oxygen atoms in total. The molecular weight excluding hydrogens is 150 g/mol. The van der Waals surface area contributed by atoms with Gasteiger partial charge in [0.2, 0.25) is 0 Å². The van der Waals surface area contributed by atoms with Crippen LogP contribution in [0, 0.1) is 5.92 Å². The third kappa shape index (κ3) is 5.63. The van der Waals surface area contributed by atoms with E-state index in [1.807, 2.05) is 0 Å². The zero-order chi connectivity index (χ0) is 8.69. The third-order valence-corrected chi connectivity index (χ3v) is 1.34. The van der Waals surface area contributed by atoms with Crippen molar-refractivity contribution >= 4 is 6.09 Å². The summed E-state index contributed by atoms with van der Waals surface area (Å²) in [7, 11) is 0. The minimum absolute atomic E-state index is 0.0352. The molecule has 0 aliphatic rings. The first-order chi connectivity index (χ1) is 5.20. The largest absolute Gasteiger partial charge is 0.465 e. The summed E-state index contributed by atoms with van der Waals surface area (Å²) in [6.45, 7) is 0.0414. The second kappa shape index (κ2) is 5.94. The highest BCUT2D eigenvalue weighted by molar-refractivity contribution is 5.64. The first-order valence-electron chi connectivity index (χ1n) is 3.39. The average Bonchev–Trinajstić information content (AvgIpc) is 1.97. The number of nitrogens with one attached hydrogen (secondary N) is 1. The summed E-state index contributed by atoms with van der Waals surface area (Å²) < 4.78 is 0. The molecule has 4 N–H and O–H groups in total. The molecule has 5 heteroatoms. The molecule has 0 aromatic carbocycles. The summed E-state index contributed by atoms with van der Waals surface area (Å²) in [5.74, 6) is -0.184. The Morgan fingerprint density at radius 1 is 1.45 bits per heavy atom. The van der Waals surface area contributed by atoms with Crippen LogP contribution in [0.2, 0.25) is 0 Å². The van der Waals surface area contributed by atoms with Gasteiger partial charge in [-0.2, -0.15) is 0 Å². The Hall–Kier alpha value is -0.810. The summed E-state index contributed by atoms with van der Waals surface area (Å²) in [5, 5.41) is 27.4. The fourth-order valence-electron chi connectivity index (χ4n) is 0.672. The first kappa shape index (κ1) is 10.2. The summed E-state index contributed by atoms with van der Waals surface area (Å²) in [6, 6.07) is 0. The standard InChI is InChI=1S/C6H13NO4/c8-2-1-5(4-9)3-7-6(10)11/h5,7-9H,1-4H2,(H,10,11). The molecule has 0 rings (SSSR count). The second-order valence-electron chi connectivity index (χ2n) is 2.25. The van der Waals surface area contributed by atoms with Gasteiger partial charge in [-0.25, -0.2) is 4.79 Å². The molecule has 0 saturated carbocycles. The Balaban J connectivity index is 3.43. The van der Waals surface area contributed by atoms with Crippen molar-refractivity contribution in [3.8, 4) is 0 Å². The molecule has 0 aliphatic heterocycles. The van der Waals surface area contributed by atoms with E-state index < -0.39 is 6.09 Å². The molecule has 0 saturated heterocycles. The van der Waals surface area contributed by atoms with Crippen LogP contribution in [0.5, 0.6) is 0 Å². The van der Waals surface area contributed by atoms with Crippen molar-refractivity contribution in [3.63, 3.8) is 0 Å². The maximum atomic E-state index is 9.97. The fraction of sp³-hybridized carbons (Fsp3) is 0.833. The van der Waals surface area contributed by atoms with Crippen LogP contribution in [-0.4, -0.2) is 41.2 Å². The number of carbonyl (C=O) groups is 1. The summed E-state index contributed by atoms with van der Waals surface area (Å²) >= 11 is 0. The van der Waals surface area contributed by atoms with Crippen LogP contribution in [0.4, 0.5) is 4.79 Å². The van der Waals surface area contributed by atoms with E-state index in [0.29, 0.717) is 6.42 Å². The lowest BCUT2D eigenvalue weighted by Crippen LogP contribution is -2.29. The SMILES string of the molecule is O=C(O)NCC(CO)CCO. The van der Waals surface area contributed by atoms with Crippen LogP contribution in [0.1, 0.15) is 6.42 Å². The molecule has 0 aromatic heterocycles. The molecule has 0 fully saturated rings. The molecule has 1 amide bonds. The van der Waals surface area contributed by atoms with Gasteiger partial charge in [0, 0.05) is 25.7 Å². The molecule has 0 spiro atoms. The van der Waals surface area contributed by atoms with Crippen molar-refractivity contribution in [1.82, 2.24) is 5.32 Å². The quantitative estimate of drug-likeness (QED) is 0.429. The summed E-state index contributed by atoms with van der Waals surface area (Å²) in [5.41, 5.74) is 0. The van der Waals surface area contributed by atoms with E-state index in [2.05, 4.69) is 5.32 Å². The number of hydrogen-bond donors (Lipinski definition) is 4. The van der Waals surface area contributed by atoms with Crippen molar-refractivity contribution in [2.45, 2.75) is 6.42 Å². The molecular formula is C6H13NO4. The highest BCUT2D eigenvalue weighted by Gasteiger charge is 2.07. The number of hydrogen-bond acceptors (Lipinski definition) is 3. The first-order valence-corrected chi connectivity index (χ1v) is 3.39. The van der Waals surface area contributed by atoms with Gasteiger partial charge in [0.25, 0.3) is 0 Å². The molecule has 0 aromatic rings. The van der Waals surface area contributed by atoms with Gasteiger partial charge in [-0.15, -0.1) is 0 Å². The number of aliphatic hydroxyl groups excluding tert-OH is 2. The van der Waals surface area contributed by atoms with Crippen molar-refractivity contribution in [2.75, 3.05) is 19.8 Å². The van der Waals surface area contributed by atoms with Gasteiger partial charge in [0.1, 0.15) is 0 Å². The monoisotopic (exact) mass is 163 g/mol. The van der Waals surface area contributed by atoms with Gasteiger partial charge in [0.15, 0.2) is 0 Å². The normalized spacial score (nSPS) is 12.5. The molecule has 1 unspecified atom stereocenters. The second-order valence-corrected chi connectivity index (χ2v) is 2.25. The smallest absolute Gasteiger partial charge is 0.404 e. The van der Waals surface area contributed by atoms with Gasteiger partial charge in [-0.3, -0.25) is 0 Å². The van der Waals surface area contributed by atoms with E-state index in [1.54, 1.807) is 0 Å². The van der Waals surface area contributed by atoms with Crippen LogP contribution in [0.3, 0.4) is 0 Å². The van der Waals surface area contributed by atoms with Crippen LogP contribution in [0.25, 0.3) is 0 Å². The van der Waals surface area contributed by atoms with Gasteiger partial charge < -0.3 is 20.6 Å². The highest BCUT2D eigenvalue weighted by atomic mass is 16.4. The lowest BCUT2D eigenvalue weighted by atomic mass is 10.1. The van der Waals surface area contributed by atoms with Crippen molar-refractivity contribution < 1.29 is 20.1 Å². The van der Waals surface area contributed by atoms with Gasteiger partial charge >= 0.3 is 6.09 Å². The topological polar surface area (TPSA) is 89.8 Å². The van der Waals surface area contributed by atoms with Crippen molar-refractivity contribution in [2.24, 2.45) is 5.92 Å². The number of rotatable bonds is 5. The van der Waals surface area contributed by atoms with Crippen LogP contribution in [0.15, 0.2) is 0 Å². The van der Waals surface area contributed by atoms with E-state index in [0.717, 1.165) is 0 Å². The zero-order valence-electron chi connectivity index (χ0n) is 6.16. The van der Waals surface area contributed by atoms with E-state index in [-0.39, 0.29) is 25.7 Å². The van der Waals surface area contributed by atoms with Crippen LogP contribution in [-0.2, 0) is 0 Å². The maximum absolute atomic E-state index is 9.97. The molecule has 66 valence electrons. The minimum atomic E-state index is -1.11. The van der Waals surface area contributed by atoms with Crippen LogP contribution >= 0.6 is 0 Å². The van der Waals surface area contributed by atoms with Gasteiger partial charge in [-0.1, -0.05) is 0 Å². The minimum Gasteiger partial charge on any atom is -0.465 e. The number of carboxylic acid groups (broad SMARTS) is 1. The van der Waals surface area contributed by atoms with Crippen molar-refractivity contribution in [1.29, 1.82) is 0 Å². The van der Waals surface area contributed by atoms with E-state index in [9.17, 15) is 4.79 Å². The lowest BCUT2D eigenvalue weighted by molar-refractivity contribution is 0.168. The maximum Gasteiger partial charge on any atom is 0.404 e. The molecule has 0 aliphatic carbocycles. The fourth-order valence-corrected chi connectivity index (χ4v) is 0.672. The van der Waals surface area contributed by atoms with Gasteiger partial charge in [-0.05, 0) is 6.42 Å².